The Morgan fingerprint density at radius 3 is 2.67 bits per heavy atom. The van der Waals surface area contributed by atoms with Crippen molar-refractivity contribution in [2.24, 2.45) is 0 Å². The highest BCUT2D eigenvalue weighted by atomic mass is 32.1. The van der Waals surface area contributed by atoms with Crippen molar-refractivity contribution >= 4 is 11.3 Å². The molecule has 0 aliphatic carbocycles. The van der Waals surface area contributed by atoms with Crippen LogP contribution in [0.2, 0.25) is 0 Å². The van der Waals surface area contributed by atoms with E-state index in [1.54, 1.807) is 29.8 Å². The van der Waals surface area contributed by atoms with Gasteiger partial charge in [0.05, 0.1) is 5.69 Å². The molecule has 0 saturated heterocycles. The number of rotatable bonds is 3. The normalized spacial score (nSPS) is 15.0. The molecule has 0 saturated carbocycles. The van der Waals surface area contributed by atoms with E-state index in [1.807, 2.05) is 0 Å². The SMILES string of the molecule is Fc1ccc(-c2ncnc3c2CCN(Cc2cccs2)CC3)cc1. The first-order valence-corrected chi connectivity index (χ1v) is 9.01. The van der Waals surface area contributed by atoms with Crippen molar-refractivity contribution in [3.8, 4) is 11.3 Å². The molecule has 1 aliphatic heterocycles. The number of fused-ring (bicyclic) bond motifs is 1. The number of benzene rings is 1. The molecule has 0 amide bonds. The van der Waals surface area contributed by atoms with Crippen LogP contribution in [0.4, 0.5) is 4.39 Å². The maximum absolute atomic E-state index is 13.2. The van der Waals surface area contributed by atoms with Crippen LogP contribution in [-0.2, 0) is 19.4 Å². The van der Waals surface area contributed by atoms with Crippen LogP contribution in [-0.4, -0.2) is 28.0 Å². The summed E-state index contributed by atoms with van der Waals surface area (Å²) in [4.78, 5) is 12.9. The zero-order chi connectivity index (χ0) is 16.4. The van der Waals surface area contributed by atoms with Gasteiger partial charge in [0.1, 0.15) is 12.1 Å². The molecule has 2 aromatic heterocycles. The van der Waals surface area contributed by atoms with Crippen LogP contribution in [0.5, 0.6) is 0 Å². The summed E-state index contributed by atoms with van der Waals surface area (Å²) in [6.45, 7) is 2.99. The number of nitrogens with zero attached hydrogens (tertiary/aromatic N) is 3. The Morgan fingerprint density at radius 2 is 1.88 bits per heavy atom. The van der Waals surface area contributed by atoms with Crippen LogP contribution in [0, 0.1) is 5.82 Å². The lowest BCUT2D eigenvalue weighted by Crippen LogP contribution is -2.25. The summed E-state index contributed by atoms with van der Waals surface area (Å²) in [5, 5.41) is 2.13. The summed E-state index contributed by atoms with van der Waals surface area (Å²) >= 11 is 1.80. The minimum atomic E-state index is -0.221. The third kappa shape index (κ3) is 3.23. The Morgan fingerprint density at radius 1 is 1.04 bits per heavy atom. The van der Waals surface area contributed by atoms with Gasteiger partial charge in [-0.05, 0) is 42.1 Å². The van der Waals surface area contributed by atoms with Gasteiger partial charge in [0.2, 0.25) is 0 Å². The molecule has 0 unspecified atom stereocenters. The van der Waals surface area contributed by atoms with Crippen molar-refractivity contribution in [2.45, 2.75) is 19.4 Å². The Labute approximate surface area is 144 Å². The van der Waals surface area contributed by atoms with Crippen LogP contribution in [0.15, 0.2) is 48.1 Å². The zero-order valence-corrected chi connectivity index (χ0v) is 14.1. The van der Waals surface area contributed by atoms with Crippen molar-refractivity contribution in [1.29, 1.82) is 0 Å². The molecule has 3 heterocycles. The van der Waals surface area contributed by atoms with E-state index < -0.39 is 0 Å². The van der Waals surface area contributed by atoms with Crippen LogP contribution >= 0.6 is 11.3 Å². The largest absolute Gasteiger partial charge is 0.298 e. The van der Waals surface area contributed by atoms with Crippen molar-refractivity contribution in [2.75, 3.05) is 13.1 Å². The predicted molar refractivity (Wildman–Crippen MR) is 94.4 cm³/mol. The van der Waals surface area contributed by atoms with E-state index >= 15 is 0 Å². The van der Waals surface area contributed by atoms with E-state index in [4.69, 9.17) is 0 Å². The van der Waals surface area contributed by atoms with Crippen molar-refractivity contribution in [3.05, 3.63) is 70.1 Å². The summed E-state index contributed by atoms with van der Waals surface area (Å²) in [5.74, 6) is -0.221. The molecule has 0 bridgehead atoms. The standard InChI is InChI=1S/C19H18FN3S/c20-15-5-3-14(4-6-15)19-17-7-9-23(12-16-2-1-11-24-16)10-8-18(17)21-13-22-19/h1-6,11,13H,7-10,12H2. The van der Waals surface area contributed by atoms with Gasteiger partial charge in [-0.1, -0.05) is 6.07 Å². The monoisotopic (exact) mass is 339 g/mol. The van der Waals surface area contributed by atoms with E-state index in [-0.39, 0.29) is 5.82 Å². The molecule has 1 aromatic carbocycles. The Bertz CT molecular complexity index is 815. The predicted octanol–water partition coefficient (Wildman–Crippen LogP) is 3.95. The summed E-state index contributed by atoms with van der Waals surface area (Å²) in [6.07, 6.45) is 3.48. The maximum atomic E-state index is 13.2. The van der Waals surface area contributed by atoms with Gasteiger partial charge in [0.15, 0.2) is 0 Å². The number of hydrogen-bond acceptors (Lipinski definition) is 4. The minimum Gasteiger partial charge on any atom is -0.298 e. The second-order valence-electron chi connectivity index (χ2n) is 6.01. The van der Waals surface area contributed by atoms with Crippen molar-refractivity contribution in [1.82, 2.24) is 14.9 Å². The zero-order valence-electron chi connectivity index (χ0n) is 13.3. The molecular formula is C19H18FN3S. The van der Waals surface area contributed by atoms with E-state index in [2.05, 4.69) is 32.4 Å². The first kappa shape index (κ1) is 15.4. The second kappa shape index (κ2) is 6.79. The molecule has 5 heteroatoms. The van der Waals surface area contributed by atoms with E-state index in [0.29, 0.717) is 0 Å². The Kier molecular flexibility index (Phi) is 4.36. The van der Waals surface area contributed by atoms with Gasteiger partial charge in [0.25, 0.3) is 0 Å². The molecule has 4 rings (SSSR count). The quantitative estimate of drug-likeness (QED) is 0.724. The van der Waals surface area contributed by atoms with Crippen LogP contribution in [0.3, 0.4) is 0 Å². The average molecular weight is 339 g/mol. The highest BCUT2D eigenvalue weighted by molar-refractivity contribution is 7.09. The molecule has 122 valence electrons. The van der Waals surface area contributed by atoms with Gasteiger partial charge in [-0.2, -0.15) is 0 Å². The first-order chi connectivity index (χ1) is 11.8. The Hall–Kier alpha value is -2.11. The molecule has 0 N–H and O–H groups in total. The smallest absolute Gasteiger partial charge is 0.123 e. The molecule has 0 spiro atoms. The van der Waals surface area contributed by atoms with Gasteiger partial charge in [-0.3, -0.25) is 4.90 Å². The molecule has 0 atom stereocenters. The number of aromatic nitrogens is 2. The third-order valence-electron chi connectivity index (χ3n) is 4.45. The number of hydrogen-bond donors (Lipinski definition) is 0. The van der Waals surface area contributed by atoms with Crippen molar-refractivity contribution < 1.29 is 4.39 Å². The molecule has 0 radical (unpaired) electrons. The summed E-state index contributed by atoms with van der Waals surface area (Å²) in [7, 11) is 0. The third-order valence-corrected chi connectivity index (χ3v) is 5.32. The fourth-order valence-corrected chi connectivity index (χ4v) is 3.96. The van der Waals surface area contributed by atoms with Gasteiger partial charge in [-0.15, -0.1) is 11.3 Å². The summed E-state index contributed by atoms with van der Waals surface area (Å²) in [5.41, 5.74) is 4.23. The fraction of sp³-hybridized carbons (Fsp3) is 0.263. The lowest BCUT2D eigenvalue weighted by atomic mass is 10.0. The fourth-order valence-electron chi connectivity index (χ4n) is 3.21. The maximum Gasteiger partial charge on any atom is 0.123 e. The van der Waals surface area contributed by atoms with E-state index in [9.17, 15) is 4.39 Å². The molecule has 3 nitrogen and oxygen atoms in total. The molecule has 24 heavy (non-hydrogen) atoms. The minimum absolute atomic E-state index is 0.221. The molecule has 3 aromatic rings. The number of halogens is 1. The van der Waals surface area contributed by atoms with Gasteiger partial charge in [-0.25, -0.2) is 14.4 Å². The summed E-state index contributed by atoms with van der Waals surface area (Å²) in [6, 6.07) is 10.9. The lowest BCUT2D eigenvalue weighted by molar-refractivity contribution is 0.281. The van der Waals surface area contributed by atoms with Gasteiger partial charge >= 0.3 is 0 Å². The van der Waals surface area contributed by atoms with Gasteiger partial charge < -0.3 is 0 Å². The Balaban J connectivity index is 1.59. The summed E-state index contributed by atoms with van der Waals surface area (Å²) < 4.78 is 13.2. The van der Waals surface area contributed by atoms with Crippen LogP contribution in [0.1, 0.15) is 16.1 Å². The first-order valence-electron chi connectivity index (χ1n) is 8.13. The molecule has 0 fully saturated rings. The van der Waals surface area contributed by atoms with Crippen LogP contribution in [0.25, 0.3) is 11.3 Å². The topological polar surface area (TPSA) is 29.0 Å². The van der Waals surface area contributed by atoms with Gasteiger partial charge in [0, 0.05) is 47.8 Å². The second-order valence-corrected chi connectivity index (χ2v) is 7.04. The lowest BCUT2D eigenvalue weighted by Gasteiger charge is -2.18. The highest BCUT2D eigenvalue weighted by Gasteiger charge is 2.19. The van der Waals surface area contributed by atoms with E-state index in [1.165, 1.54) is 22.6 Å². The van der Waals surface area contributed by atoms with Crippen LogP contribution < -0.4 is 0 Å². The van der Waals surface area contributed by atoms with E-state index in [0.717, 1.165) is 49.4 Å². The molecular weight excluding hydrogens is 321 g/mol. The average Bonchev–Trinajstić information content (AvgIpc) is 3.02. The van der Waals surface area contributed by atoms with Crippen molar-refractivity contribution in [3.63, 3.8) is 0 Å². The highest BCUT2D eigenvalue weighted by Crippen LogP contribution is 2.26. The molecule has 1 aliphatic rings. The number of thiophene rings is 1.